The first-order valence-corrected chi connectivity index (χ1v) is 11.7. The van der Waals surface area contributed by atoms with E-state index < -0.39 is 9.84 Å². The number of thiazole rings is 1. The van der Waals surface area contributed by atoms with Crippen molar-refractivity contribution in [2.75, 3.05) is 5.32 Å². The zero-order valence-electron chi connectivity index (χ0n) is 16.6. The second kappa shape index (κ2) is 7.29. The summed E-state index contributed by atoms with van der Waals surface area (Å²) in [5.41, 5.74) is 3.67. The van der Waals surface area contributed by atoms with E-state index in [1.165, 1.54) is 6.20 Å². The van der Waals surface area contributed by atoms with Crippen molar-refractivity contribution in [3.8, 4) is 11.3 Å². The molecule has 156 valence electrons. The highest BCUT2D eigenvalue weighted by Crippen LogP contribution is 2.28. The Bertz CT molecular complexity index is 1500. The summed E-state index contributed by atoms with van der Waals surface area (Å²) in [5.74, 6) is 1.14. The van der Waals surface area contributed by atoms with Gasteiger partial charge in [0.05, 0.1) is 16.3 Å². The highest BCUT2D eigenvalue weighted by Gasteiger charge is 2.21. The topological polar surface area (TPSA) is 118 Å². The number of H-pyrrole nitrogens is 1. The molecule has 0 aliphatic rings. The summed E-state index contributed by atoms with van der Waals surface area (Å²) >= 11 is 1.09. The molecule has 0 saturated heterocycles. The largest absolute Gasteiger partial charge is 0.308 e. The van der Waals surface area contributed by atoms with Crippen LogP contribution in [0.4, 0.5) is 11.8 Å². The maximum absolute atomic E-state index is 12.9. The molecule has 0 amide bonds. The van der Waals surface area contributed by atoms with Crippen molar-refractivity contribution in [3.63, 3.8) is 0 Å². The molecule has 0 radical (unpaired) electrons. The Balaban J connectivity index is 1.62. The first-order chi connectivity index (χ1) is 14.9. The van der Waals surface area contributed by atoms with Crippen LogP contribution in [0, 0.1) is 13.8 Å². The lowest BCUT2D eigenvalue weighted by atomic mass is 10.1. The van der Waals surface area contributed by atoms with E-state index in [1.54, 1.807) is 23.6 Å². The minimum absolute atomic E-state index is 0.0631. The number of aryl methyl sites for hydroxylation is 2. The van der Waals surface area contributed by atoms with Crippen LogP contribution in [0.15, 0.2) is 63.4 Å². The summed E-state index contributed by atoms with van der Waals surface area (Å²) in [6.45, 7) is 3.81. The molecule has 31 heavy (non-hydrogen) atoms. The Morgan fingerprint density at radius 1 is 1.13 bits per heavy atom. The molecule has 9 nitrogen and oxygen atoms in total. The van der Waals surface area contributed by atoms with Crippen LogP contribution in [0.1, 0.15) is 11.4 Å². The van der Waals surface area contributed by atoms with Crippen LogP contribution < -0.4 is 5.32 Å². The van der Waals surface area contributed by atoms with Crippen LogP contribution in [0.2, 0.25) is 0 Å². The van der Waals surface area contributed by atoms with Crippen molar-refractivity contribution < 1.29 is 8.42 Å². The first-order valence-electron chi connectivity index (χ1n) is 9.31. The van der Waals surface area contributed by atoms with Gasteiger partial charge in [0, 0.05) is 41.2 Å². The number of anilines is 2. The Morgan fingerprint density at radius 2 is 2.00 bits per heavy atom. The highest BCUT2D eigenvalue weighted by atomic mass is 32.2. The number of benzene rings is 1. The number of aromatic nitrogens is 6. The third-order valence-electron chi connectivity index (χ3n) is 4.60. The Labute approximate surface area is 181 Å². The molecule has 0 atom stereocenters. The average Bonchev–Trinajstić information content (AvgIpc) is 3.49. The minimum atomic E-state index is -3.69. The zero-order valence-corrected chi connectivity index (χ0v) is 18.2. The summed E-state index contributed by atoms with van der Waals surface area (Å²) in [6, 6.07) is 10.4. The molecule has 4 heterocycles. The molecule has 2 N–H and O–H groups in total. The number of aromatic amines is 1. The van der Waals surface area contributed by atoms with Crippen LogP contribution in [0.25, 0.3) is 16.9 Å². The lowest BCUT2D eigenvalue weighted by Gasteiger charge is -2.10. The summed E-state index contributed by atoms with van der Waals surface area (Å²) in [4.78, 5) is 13.4. The van der Waals surface area contributed by atoms with E-state index in [4.69, 9.17) is 4.98 Å². The van der Waals surface area contributed by atoms with Gasteiger partial charge in [-0.1, -0.05) is 12.1 Å². The van der Waals surface area contributed by atoms with Gasteiger partial charge < -0.3 is 5.32 Å². The summed E-state index contributed by atoms with van der Waals surface area (Å²) < 4.78 is 27.7. The van der Waals surface area contributed by atoms with Gasteiger partial charge in [-0.3, -0.25) is 9.50 Å². The van der Waals surface area contributed by atoms with E-state index in [1.807, 2.05) is 42.6 Å². The van der Waals surface area contributed by atoms with Gasteiger partial charge in [-0.25, -0.2) is 23.4 Å². The van der Waals surface area contributed by atoms with Gasteiger partial charge in [0.2, 0.25) is 20.1 Å². The molecule has 5 rings (SSSR count). The fraction of sp³-hybridized carbons (Fsp3) is 0.100. The van der Waals surface area contributed by atoms with Gasteiger partial charge in [-0.2, -0.15) is 5.10 Å². The van der Waals surface area contributed by atoms with Crippen molar-refractivity contribution in [1.29, 1.82) is 0 Å². The number of nitrogens with one attached hydrogen (secondary N) is 2. The molecular weight excluding hydrogens is 434 g/mol. The second-order valence-corrected chi connectivity index (χ2v) is 9.98. The van der Waals surface area contributed by atoms with Crippen LogP contribution in [-0.2, 0) is 9.84 Å². The number of rotatable bonds is 5. The zero-order chi connectivity index (χ0) is 21.6. The monoisotopic (exact) mass is 451 g/mol. The van der Waals surface area contributed by atoms with Crippen molar-refractivity contribution in [2.45, 2.75) is 23.1 Å². The predicted molar refractivity (Wildman–Crippen MR) is 117 cm³/mol. The molecule has 1 aromatic carbocycles. The molecule has 0 fully saturated rings. The second-order valence-electron chi connectivity index (χ2n) is 6.97. The normalized spacial score (nSPS) is 11.8. The third-order valence-corrected chi connectivity index (χ3v) is 7.55. The van der Waals surface area contributed by atoms with Crippen LogP contribution in [0.5, 0.6) is 0 Å². The Morgan fingerprint density at radius 3 is 2.74 bits per heavy atom. The van der Waals surface area contributed by atoms with Gasteiger partial charge in [0.25, 0.3) is 0 Å². The molecule has 0 bridgehead atoms. The summed E-state index contributed by atoms with van der Waals surface area (Å²) in [7, 11) is -3.69. The number of hydrogen-bond acceptors (Lipinski definition) is 8. The Hall–Kier alpha value is -3.57. The highest BCUT2D eigenvalue weighted by molar-refractivity contribution is 7.93. The number of fused-ring (bicyclic) bond motifs is 1. The molecule has 11 heteroatoms. The molecular formula is C20H17N7O2S2. The van der Waals surface area contributed by atoms with Gasteiger partial charge in [0.1, 0.15) is 5.65 Å². The fourth-order valence-corrected chi connectivity index (χ4v) is 5.47. The first kappa shape index (κ1) is 19.4. The molecule has 0 aliphatic heterocycles. The smallest absolute Gasteiger partial charge is 0.233 e. The maximum Gasteiger partial charge on any atom is 0.233 e. The molecule has 0 spiro atoms. The van der Waals surface area contributed by atoms with E-state index >= 15 is 0 Å². The number of nitrogens with zero attached hydrogens (tertiary/aromatic N) is 5. The molecule has 0 aliphatic carbocycles. The van der Waals surface area contributed by atoms with Crippen molar-refractivity contribution in [1.82, 2.24) is 29.5 Å². The van der Waals surface area contributed by atoms with Gasteiger partial charge in [-0.15, -0.1) is 11.3 Å². The van der Waals surface area contributed by atoms with E-state index in [-0.39, 0.29) is 9.24 Å². The van der Waals surface area contributed by atoms with Crippen LogP contribution in [-0.4, -0.2) is 38.0 Å². The standard InChI is InChI=1S/C20H17N7O2S2/c1-12-8-17(26-25-12)24-19-23-16(10-18-22-13(2)11-27(18)19)14-4-3-5-15(9-14)31(28,29)20-21-6-7-30-20/h3-11H,1-2H3,(H2,23,24,25,26). The average molecular weight is 452 g/mol. The van der Waals surface area contributed by atoms with E-state index in [0.29, 0.717) is 28.7 Å². The van der Waals surface area contributed by atoms with Crippen LogP contribution in [0.3, 0.4) is 0 Å². The van der Waals surface area contributed by atoms with E-state index in [2.05, 4.69) is 25.5 Å². The number of sulfone groups is 1. The van der Waals surface area contributed by atoms with E-state index in [0.717, 1.165) is 22.7 Å². The molecule has 0 saturated carbocycles. The van der Waals surface area contributed by atoms with Crippen molar-refractivity contribution in [2.24, 2.45) is 0 Å². The summed E-state index contributed by atoms with van der Waals surface area (Å²) in [5, 5.41) is 11.9. The lowest BCUT2D eigenvalue weighted by molar-refractivity contribution is 0.595. The van der Waals surface area contributed by atoms with Crippen molar-refractivity contribution in [3.05, 3.63) is 65.6 Å². The van der Waals surface area contributed by atoms with Gasteiger partial charge in [0.15, 0.2) is 5.82 Å². The lowest BCUT2D eigenvalue weighted by Crippen LogP contribution is -2.04. The van der Waals surface area contributed by atoms with Gasteiger partial charge in [-0.05, 0) is 26.0 Å². The maximum atomic E-state index is 12.9. The fourth-order valence-electron chi connectivity index (χ4n) is 3.21. The Kier molecular flexibility index (Phi) is 4.56. The number of hydrogen-bond donors (Lipinski definition) is 2. The quantitative estimate of drug-likeness (QED) is 0.418. The van der Waals surface area contributed by atoms with Crippen LogP contribution >= 0.6 is 11.3 Å². The molecule has 0 unspecified atom stereocenters. The summed E-state index contributed by atoms with van der Waals surface area (Å²) in [6.07, 6.45) is 3.35. The molecule has 5 aromatic rings. The number of imidazole rings is 1. The van der Waals surface area contributed by atoms with Crippen molar-refractivity contribution >= 4 is 38.6 Å². The van der Waals surface area contributed by atoms with E-state index in [9.17, 15) is 8.42 Å². The third kappa shape index (κ3) is 3.57. The molecule has 4 aromatic heterocycles. The predicted octanol–water partition coefficient (Wildman–Crippen LogP) is 3.77. The minimum Gasteiger partial charge on any atom is -0.308 e. The SMILES string of the molecule is Cc1cn2c(Nc3cc(C)[nH]n3)nc(-c3cccc(S(=O)(=O)c4nccs4)c3)cc2n1. The van der Waals surface area contributed by atoms with Gasteiger partial charge >= 0.3 is 0 Å².